The second-order valence-electron chi connectivity index (χ2n) is 5.29. The minimum Gasteiger partial charge on any atom is -0.103 e. The average molecular weight is 208 g/mol. The average Bonchev–Trinajstić information content (AvgIpc) is 2.96. The molecule has 0 spiro atoms. The Kier molecular flexibility index (Phi) is 5.42. The van der Waals surface area contributed by atoms with Crippen molar-refractivity contribution in [1.82, 2.24) is 0 Å². The molecule has 1 rings (SSSR count). The van der Waals surface area contributed by atoms with Crippen molar-refractivity contribution in [3.8, 4) is 0 Å². The highest BCUT2D eigenvalue weighted by molar-refractivity contribution is 5.11. The Balaban J connectivity index is 2.14. The maximum Gasteiger partial charge on any atom is -0.00894 e. The van der Waals surface area contributed by atoms with Gasteiger partial charge in [-0.25, -0.2) is 0 Å². The van der Waals surface area contributed by atoms with Crippen LogP contribution in [0.4, 0.5) is 0 Å². The standard InChI is InChI=1S/C15H28/c1-4-7-9-10-11-14-13-15(14,6-3)12-8-5-2/h6,14H,3-5,7-13H2,1-2H3/t14?,15-/m0/s1. The number of unbranched alkanes of at least 4 members (excludes halogenated alkanes) is 4. The molecule has 0 nitrogen and oxygen atoms in total. The van der Waals surface area contributed by atoms with Crippen LogP contribution < -0.4 is 0 Å². The summed E-state index contributed by atoms with van der Waals surface area (Å²) in [7, 11) is 0. The van der Waals surface area contributed by atoms with E-state index in [-0.39, 0.29) is 0 Å². The fourth-order valence-corrected chi connectivity index (χ4v) is 2.77. The van der Waals surface area contributed by atoms with Crippen LogP contribution in [0.5, 0.6) is 0 Å². The van der Waals surface area contributed by atoms with E-state index in [1.165, 1.54) is 57.8 Å². The molecule has 1 fully saturated rings. The highest BCUT2D eigenvalue weighted by Gasteiger charge is 2.49. The lowest BCUT2D eigenvalue weighted by Gasteiger charge is -2.11. The number of hydrogen-bond donors (Lipinski definition) is 0. The molecule has 88 valence electrons. The maximum absolute atomic E-state index is 4.04. The first kappa shape index (κ1) is 12.8. The summed E-state index contributed by atoms with van der Waals surface area (Å²) in [4.78, 5) is 0. The van der Waals surface area contributed by atoms with Crippen LogP contribution in [0.15, 0.2) is 12.7 Å². The van der Waals surface area contributed by atoms with E-state index in [2.05, 4.69) is 26.5 Å². The SMILES string of the molecule is C=C[C@]1(CCCC)CC1CCCCCC. The third-order valence-corrected chi connectivity index (χ3v) is 4.09. The summed E-state index contributed by atoms with van der Waals surface area (Å²) in [6.07, 6.45) is 14.9. The Morgan fingerprint density at radius 2 is 1.87 bits per heavy atom. The van der Waals surface area contributed by atoms with Gasteiger partial charge in [-0.3, -0.25) is 0 Å². The highest BCUT2D eigenvalue weighted by Crippen LogP contribution is 2.59. The fourth-order valence-electron chi connectivity index (χ4n) is 2.77. The summed E-state index contributed by atoms with van der Waals surface area (Å²) in [6.45, 7) is 8.61. The van der Waals surface area contributed by atoms with Gasteiger partial charge in [-0.15, -0.1) is 6.58 Å². The summed E-state index contributed by atoms with van der Waals surface area (Å²) in [5.41, 5.74) is 0.572. The molecule has 0 amide bonds. The zero-order valence-electron chi connectivity index (χ0n) is 10.7. The van der Waals surface area contributed by atoms with Crippen molar-refractivity contribution in [2.45, 2.75) is 71.6 Å². The Labute approximate surface area is 96.2 Å². The third-order valence-electron chi connectivity index (χ3n) is 4.09. The van der Waals surface area contributed by atoms with Crippen LogP contribution in [-0.2, 0) is 0 Å². The van der Waals surface area contributed by atoms with Gasteiger partial charge in [0.15, 0.2) is 0 Å². The van der Waals surface area contributed by atoms with Crippen molar-refractivity contribution < 1.29 is 0 Å². The summed E-state index contributed by atoms with van der Waals surface area (Å²) in [5.74, 6) is 0.985. The van der Waals surface area contributed by atoms with E-state index in [4.69, 9.17) is 0 Å². The van der Waals surface area contributed by atoms with E-state index in [1.807, 2.05) is 0 Å². The van der Waals surface area contributed by atoms with Crippen molar-refractivity contribution in [3.05, 3.63) is 12.7 Å². The van der Waals surface area contributed by atoms with Crippen molar-refractivity contribution in [3.63, 3.8) is 0 Å². The Hall–Kier alpha value is -0.260. The molecule has 0 aromatic rings. The molecule has 1 unspecified atom stereocenters. The number of allylic oxidation sites excluding steroid dienone is 1. The van der Waals surface area contributed by atoms with Crippen molar-refractivity contribution in [2.75, 3.05) is 0 Å². The summed E-state index contributed by atoms with van der Waals surface area (Å²) < 4.78 is 0. The van der Waals surface area contributed by atoms with Crippen LogP contribution in [0, 0.1) is 11.3 Å². The van der Waals surface area contributed by atoms with Gasteiger partial charge in [0.1, 0.15) is 0 Å². The molecule has 1 aliphatic rings. The molecule has 2 atom stereocenters. The van der Waals surface area contributed by atoms with Gasteiger partial charge in [-0.05, 0) is 30.6 Å². The highest BCUT2D eigenvalue weighted by atomic mass is 14.5. The van der Waals surface area contributed by atoms with Crippen LogP contribution >= 0.6 is 0 Å². The van der Waals surface area contributed by atoms with Crippen LogP contribution in [-0.4, -0.2) is 0 Å². The normalized spacial score (nSPS) is 29.1. The van der Waals surface area contributed by atoms with Gasteiger partial charge < -0.3 is 0 Å². The Bertz CT molecular complexity index is 182. The number of rotatable bonds is 9. The molecule has 1 saturated carbocycles. The van der Waals surface area contributed by atoms with Gasteiger partial charge in [-0.2, -0.15) is 0 Å². The molecule has 0 saturated heterocycles. The van der Waals surface area contributed by atoms with Crippen molar-refractivity contribution in [1.29, 1.82) is 0 Å². The predicted octanol–water partition coefficient (Wildman–Crippen LogP) is 5.34. The first-order valence-electron chi connectivity index (χ1n) is 6.92. The second kappa shape index (κ2) is 6.35. The van der Waals surface area contributed by atoms with Crippen LogP contribution in [0.2, 0.25) is 0 Å². The molecule has 0 aliphatic heterocycles. The van der Waals surface area contributed by atoms with Crippen LogP contribution in [0.1, 0.15) is 71.6 Å². The predicted molar refractivity (Wildman–Crippen MR) is 69.0 cm³/mol. The molecular formula is C15H28. The van der Waals surface area contributed by atoms with E-state index in [0.717, 1.165) is 5.92 Å². The van der Waals surface area contributed by atoms with Gasteiger partial charge in [0.25, 0.3) is 0 Å². The minimum atomic E-state index is 0.572. The van der Waals surface area contributed by atoms with E-state index < -0.39 is 0 Å². The van der Waals surface area contributed by atoms with Gasteiger partial charge in [0.2, 0.25) is 0 Å². The molecule has 15 heavy (non-hydrogen) atoms. The lowest BCUT2D eigenvalue weighted by atomic mass is 9.94. The van der Waals surface area contributed by atoms with Gasteiger partial charge in [0.05, 0.1) is 0 Å². The summed E-state index contributed by atoms with van der Waals surface area (Å²) in [6, 6.07) is 0. The lowest BCUT2D eigenvalue weighted by molar-refractivity contribution is 0.464. The molecule has 0 N–H and O–H groups in total. The molecule has 0 radical (unpaired) electrons. The summed E-state index contributed by atoms with van der Waals surface area (Å²) in [5, 5.41) is 0. The molecule has 1 aliphatic carbocycles. The lowest BCUT2D eigenvalue weighted by Crippen LogP contribution is -1.99. The van der Waals surface area contributed by atoms with Crippen LogP contribution in [0.25, 0.3) is 0 Å². The second-order valence-corrected chi connectivity index (χ2v) is 5.29. The van der Waals surface area contributed by atoms with E-state index >= 15 is 0 Å². The molecule has 0 bridgehead atoms. The first-order valence-corrected chi connectivity index (χ1v) is 6.92. The Morgan fingerprint density at radius 1 is 1.13 bits per heavy atom. The van der Waals surface area contributed by atoms with E-state index in [9.17, 15) is 0 Å². The number of hydrogen-bond acceptors (Lipinski definition) is 0. The molecule has 0 aromatic carbocycles. The van der Waals surface area contributed by atoms with Crippen molar-refractivity contribution >= 4 is 0 Å². The van der Waals surface area contributed by atoms with Gasteiger partial charge >= 0.3 is 0 Å². The summed E-state index contributed by atoms with van der Waals surface area (Å²) >= 11 is 0. The topological polar surface area (TPSA) is 0 Å². The molecule has 0 heterocycles. The largest absolute Gasteiger partial charge is 0.103 e. The van der Waals surface area contributed by atoms with Gasteiger partial charge in [-0.1, -0.05) is 58.4 Å². The minimum absolute atomic E-state index is 0.572. The third kappa shape index (κ3) is 3.66. The zero-order chi connectivity index (χ0) is 11.1. The maximum atomic E-state index is 4.04. The molecule has 0 aromatic heterocycles. The zero-order valence-corrected chi connectivity index (χ0v) is 10.7. The smallest absolute Gasteiger partial charge is 0.00894 e. The van der Waals surface area contributed by atoms with Crippen molar-refractivity contribution in [2.24, 2.45) is 11.3 Å². The van der Waals surface area contributed by atoms with E-state index in [1.54, 1.807) is 0 Å². The molecular weight excluding hydrogens is 180 g/mol. The Morgan fingerprint density at radius 3 is 2.47 bits per heavy atom. The monoisotopic (exact) mass is 208 g/mol. The first-order chi connectivity index (χ1) is 7.29. The van der Waals surface area contributed by atoms with E-state index in [0.29, 0.717) is 5.41 Å². The fraction of sp³-hybridized carbons (Fsp3) is 0.867. The molecule has 0 heteroatoms. The quantitative estimate of drug-likeness (QED) is 0.354. The van der Waals surface area contributed by atoms with Crippen LogP contribution in [0.3, 0.4) is 0 Å². The van der Waals surface area contributed by atoms with Gasteiger partial charge in [0, 0.05) is 0 Å².